The Bertz CT molecular complexity index is 1580. The smallest absolute Gasteiger partial charge is 0.265 e. The highest BCUT2D eigenvalue weighted by Gasteiger charge is 2.25. The monoisotopic (exact) mass is 441 g/mol. The zero-order valence-corrected chi connectivity index (χ0v) is 18.5. The molecule has 8 nitrogen and oxygen atoms in total. The molecule has 1 fully saturated rings. The summed E-state index contributed by atoms with van der Waals surface area (Å²) in [6.45, 7) is 0. The molecule has 0 N–H and O–H groups in total. The van der Waals surface area contributed by atoms with Gasteiger partial charge in [-0.3, -0.25) is 13.9 Å². The molecule has 1 aliphatic rings. The third-order valence-corrected chi connectivity index (χ3v) is 6.53. The van der Waals surface area contributed by atoms with Crippen LogP contribution in [0.1, 0.15) is 31.7 Å². The summed E-state index contributed by atoms with van der Waals surface area (Å²) in [6.07, 6.45) is 5.90. The number of fused-ring (bicyclic) bond motifs is 4. The van der Waals surface area contributed by atoms with Gasteiger partial charge in [0.05, 0.1) is 30.9 Å². The summed E-state index contributed by atoms with van der Waals surface area (Å²) in [6, 6.07) is 13.4. The van der Waals surface area contributed by atoms with Gasteiger partial charge in [0.2, 0.25) is 0 Å². The lowest BCUT2D eigenvalue weighted by Crippen LogP contribution is -2.23. The molecular weight excluding hydrogens is 418 g/mol. The van der Waals surface area contributed by atoms with E-state index < -0.39 is 0 Å². The molecule has 5 aromatic rings. The van der Waals surface area contributed by atoms with Crippen LogP contribution in [0.25, 0.3) is 38.9 Å². The molecule has 166 valence electrons. The Labute approximate surface area is 189 Å². The van der Waals surface area contributed by atoms with Gasteiger partial charge in [-0.2, -0.15) is 0 Å². The minimum Gasteiger partial charge on any atom is -0.497 e. The first-order valence-electron chi connectivity index (χ1n) is 11.1. The molecule has 0 atom stereocenters. The molecule has 33 heavy (non-hydrogen) atoms. The lowest BCUT2D eigenvalue weighted by molar-refractivity contribution is 0.402. The van der Waals surface area contributed by atoms with Crippen molar-refractivity contribution in [3.8, 4) is 17.2 Å². The Morgan fingerprint density at radius 2 is 1.70 bits per heavy atom. The average Bonchev–Trinajstić information content (AvgIpc) is 3.49. The van der Waals surface area contributed by atoms with Gasteiger partial charge in [-0.1, -0.05) is 25.0 Å². The van der Waals surface area contributed by atoms with Gasteiger partial charge in [0.15, 0.2) is 11.3 Å². The summed E-state index contributed by atoms with van der Waals surface area (Å²) in [7, 11) is 3.23. The molecular formula is C25H23N5O3. The van der Waals surface area contributed by atoms with Crippen molar-refractivity contribution in [3.63, 3.8) is 0 Å². The second-order valence-electron chi connectivity index (χ2n) is 8.35. The van der Waals surface area contributed by atoms with Crippen LogP contribution in [0.4, 0.5) is 0 Å². The zero-order chi connectivity index (χ0) is 22.5. The number of ether oxygens (including phenoxy) is 2. The topological polar surface area (TPSA) is 84.1 Å². The number of aromatic nitrogens is 5. The molecule has 8 heteroatoms. The standard InChI is InChI=1S/C25H23N5O3/c1-32-16-11-12-20(33-2)19(13-16)30-23-21(25(31)29(14-26-23)15-7-3-4-8-15)22-24(30)28-18-10-6-5-9-17(18)27-22/h5-6,9-15H,3-4,7-8H2,1-2H3. The molecule has 0 saturated heterocycles. The molecule has 0 unspecified atom stereocenters. The summed E-state index contributed by atoms with van der Waals surface area (Å²) < 4.78 is 14.7. The first-order chi connectivity index (χ1) is 16.2. The highest BCUT2D eigenvalue weighted by molar-refractivity contribution is 6.06. The zero-order valence-electron chi connectivity index (χ0n) is 18.5. The third-order valence-electron chi connectivity index (χ3n) is 6.53. The molecule has 0 amide bonds. The Balaban J connectivity index is 1.77. The van der Waals surface area contributed by atoms with E-state index in [1.807, 2.05) is 47.0 Å². The number of rotatable bonds is 4. The maximum atomic E-state index is 13.8. The van der Waals surface area contributed by atoms with Crippen LogP contribution in [-0.4, -0.2) is 38.3 Å². The summed E-state index contributed by atoms with van der Waals surface area (Å²) >= 11 is 0. The predicted molar refractivity (Wildman–Crippen MR) is 127 cm³/mol. The molecule has 2 aromatic carbocycles. The Morgan fingerprint density at radius 1 is 0.939 bits per heavy atom. The molecule has 3 heterocycles. The van der Waals surface area contributed by atoms with E-state index in [1.165, 1.54) is 0 Å². The molecule has 0 radical (unpaired) electrons. The fourth-order valence-corrected chi connectivity index (χ4v) is 4.89. The van der Waals surface area contributed by atoms with Gasteiger partial charge < -0.3 is 9.47 Å². The minimum absolute atomic E-state index is 0.0814. The average molecular weight is 441 g/mol. The van der Waals surface area contributed by atoms with Crippen LogP contribution in [0.2, 0.25) is 0 Å². The van der Waals surface area contributed by atoms with Crippen LogP contribution in [-0.2, 0) is 0 Å². The highest BCUT2D eigenvalue weighted by atomic mass is 16.5. The number of para-hydroxylation sites is 2. The van der Waals surface area contributed by atoms with Crippen molar-refractivity contribution >= 4 is 33.2 Å². The Hall–Kier alpha value is -3.94. The summed E-state index contributed by atoms with van der Waals surface area (Å²) in [4.78, 5) is 28.3. The lowest BCUT2D eigenvalue weighted by atomic mass is 10.2. The quantitative estimate of drug-likeness (QED) is 0.411. The second kappa shape index (κ2) is 7.58. The summed E-state index contributed by atoms with van der Waals surface area (Å²) in [5, 5.41) is 0.475. The fourth-order valence-electron chi connectivity index (χ4n) is 4.89. The molecule has 1 saturated carbocycles. The summed E-state index contributed by atoms with van der Waals surface area (Å²) in [5.74, 6) is 1.28. The van der Waals surface area contributed by atoms with Crippen LogP contribution in [0, 0.1) is 0 Å². The number of benzene rings is 2. The van der Waals surface area contributed by atoms with Crippen LogP contribution in [0.3, 0.4) is 0 Å². The second-order valence-corrected chi connectivity index (χ2v) is 8.35. The van der Waals surface area contributed by atoms with E-state index in [0.29, 0.717) is 39.4 Å². The van der Waals surface area contributed by atoms with Crippen LogP contribution in [0.5, 0.6) is 11.5 Å². The molecule has 3 aromatic heterocycles. The number of hydrogen-bond donors (Lipinski definition) is 0. The molecule has 6 rings (SSSR count). The van der Waals surface area contributed by atoms with E-state index in [-0.39, 0.29) is 11.6 Å². The van der Waals surface area contributed by atoms with Gasteiger partial charge in [-0.25, -0.2) is 15.0 Å². The van der Waals surface area contributed by atoms with Crippen molar-refractivity contribution in [1.29, 1.82) is 0 Å². The predicted octanol–water partition coefficient (Wildman–Crippen LogP) is 4.42. The van der Waals surface area contributed by atoms with Crippen molar-refractivity contribution in [2.75, 3.05) is 14.2 Å². The van der Waals surface area contributed by atoms with Crippen molar-refractivity contribution < 1.29 is 9.47 Å². The molecule has 1 aliphatic carbocycles. The van der Waals surface area contributed by atoms with E-state index in [1.54, 1.807) is 25.1 Å². The van der Waals surface area contributed by atoms with E-state index in [9.17, 15) is 4.79 Å². The number of nitrogens with zero attached hydrogens (tertiary/aromatic N) is 5. The Kier molecular flexibility index (Phi) is 4.53. The normalized spacial score (nSPS) is 14.5. The summed E-state index contributed by atoms with van der Waals surface area (Å²) in [5.41, 5.74) is 3.69. The van der Waals surface area contributed by atoms with Crippen LogP contribution < -0.4 is 15.0 Å². The minimum atomic E-state index is -0.0814. The van der Waals surface area contributed by atoms with Gasteiger partial charge in [0, 0.05) is 12.1 Å². The maximum absolute atomic E-state index is 13.8. The van der Waals surface area contributed by atoms with Crippen molar-refractivity contribution in [3.05, 3.63) is 59.1 Å². The van der Waals surface area contributed by atoms with E-state index in [4.69, 9.17) is 24.4 Å². The third kappa shape index (κ3) is 2.97. The van der Waals surface area contributed by atoms with Gasteiger partial charge in [0.1, 0.15) is 28.7 Å². The SMILES string of the molecule is COc1ccc(OC)c(-n2c3nc4ccccc4nc3c3c(=O)n(C4CCCC4)cnc32)c1. The van der Waals surface area contributed by atoms with Gasteiger partial charge in [-0.15, -0.1) is 0 Å². The molecule has 0 spiro atoms. The largest absolute Gasteiger partial charge is 0.497 e. The van der Waals surface area contributed by atoms with Gasteiger partial charge in [0.25, 0.3) is 5.56 Å². The Morgan fingerprint density at radius 3 is 2.42 bits per heavy atom. The number of hydrogen-bond acceptors (Lipinski definition) is 6. The van der Waals surface area contributed by atoms with E-state index >= 15 is 0 Å². The molecule has 0 aliphatic heterocycles. The van der Waals surface area contributed by atoms with E-state index in [2.05, 4.69) is 0 Å². The number of methoxy groups -OCH3 is 2. The van der Waals surface area contributed by atoms with E-state index in [0.717, 1.165) is 36.7 Å². The van der Waals surface area contributed by atoms with Gasteiger partial charge >= 0.3 is 0 Å². The van der Waals surface area contributed by atoms with Gasteiger partial charge in [-0.05, 0) is 37.1 Å². The van der Waals surface area contributed by atoms with Crippen LogP contribution in [0.15, 0.2) is 53.6 Å². The van der Waals surface area contributed by atoms with Crippen molar-refractivity contribution in [2.24, 2.45) is 0 Å². The van der Waals surface area contributed by atoms with Crippen LogP contribution >= 0.6 is 0 Å². The first-order valence-corrected chi connectivity index (χ1v) is 11.1. The van der Waals surface area contributed by atoms with Crippen molar-refractivity contribution in [2.45, 2.75) is 31.7 Å². The first kappa shape index (κ1) is 19.7. The fraction of sp³-hybridized carbons (Fsp3) is 0.280. The highest BCUT2D eigenvalue weighted by Crippen LogP contribution is 2.35. The molecule has 0 bridgehead atoms. The maximum Gasteiger partial charge on any atom is 0.265 e. The lowest BCUT2D eigenvalue weighted by Gasteiger charge is -2.14. The van der Waals surface area contributed by atoms with Crippen molar-refractivity contribution in [1.82, 2.24) is 24.1 Å².